The van der Waals surface area contributed by atoms with E-state index in [-0.39, 0.29) is 0 Å². The average Bonchev–Trinajstić information content (AvgIpc) is 2.82. The fraction of sp³-hybridized carbons (Fsp3) is 1.00. The van der Waals surface area contributed by atoms with Crippen molar-refractivity contribution in [1.82, 2.24) is 15.1 Å². The first-order valence-corrected chi connectivity index (χ1v) is 8.59. The summed E-state index contributed by atoms with van der Waals surface area (Å²) in [6, 6.07) is 1.99. The summed E-state index contributed by atoms with van der Waals surface area (Å²) in [6.07, 6.45) is 5.70. The zero-order chi connectivity index (χ0) is 14.8. The Morgan fingerprint density at radius 2 is 1.65 bits per heavy atom. The minimum Gasteiger partial charge on any atom is -0.314 e. The van der Waals surface area contributed by atoms with Gasteiger partial charge in [-0.05, 0) is 39.2 Å². The summed E-state index contributed by atoms with van der Waals surface area (Å²) in [6.45, 7) is 14.3. The number of hydrogen-bond acceptors (Lipinski definition) is 3. The molecule has 2 rings (SSSR count). The molecule has 0 aromatic heterocycles. The molecule has 2 unspecified atom stereocenters. The predicted octanol–water partition coefficient (Wildman–Crippen LogP) is 2.57. The van der Waals surface area contributed by atoms with Gasteiger partial charge in [0.15, 0.2) is 0 Å². The smallest absolute Gasteiger partial charge is 0.0195 e. The molecule has 0 amide bonds. The van der Waals surface area contributed by atoms with Gasteiger partial charge in [-0.1, -0.05) is 26.7 Å². The van der Waals surface area contributed by atoms with Gasteiger partial charge in [-0.2, -0.15) is 0 Å². The predicted molar refractivity (Wildman–Crippen MR) is 87.2 cm³/mol. The maximum Gasteiger partial charge on any atom is 0.0195 e. The molecular weight excluding hydrogens is 246 g/mol. The largest absolute Gasteiger partial charge is 0.314 e. The van der Waals surface area contributed by atoms with Crippen molar-refractivity contribution in [3.05, 3.63) is 0 Å². The van der Waals surface area contributed by atoms with Crippen molar-refractivity contribution in [3.8, 4) is 0 Å². The maximum atomic E-state index is 3.71. The van der Waals surface area contributed by atoms with Gasteiger partial charge in [-0.3, -0.25) is 9.80 Å². The first kappa shape index (κ1) is 16.3. The van der Waals surface area contributed by atoms with E-state index in [9.17, 15) is 0 Å². The average molecular weight is 281 g/mol. The second-order valence-corrected chi connectivity index (χ2v) is 7.80. The zero-order valence-electron chi connectivity index (χ0n) is 14.3. The molecule has 1 heterocycles. The van der Waals surface area contributed by atoms with Gasteiger partial charge in [0.2, 0.25) is 0 Å². The number of piperazine rings is 1. The Morgan fingerprint density at radius 3 is 2.15 bits per heavy atom. The molecule has 1 aliphatic heterocycles. The van der Waals surface area contributed by atoms with Gasteiger partial charge in [0.25, 0.3) is 0 Å². The Hall–Kier alpha value is -0.120. The number of likely N-dealkylation sites (N-methyl/N-ethyl adjacent to an activating group) is 1. The normalized spacial score (nSPS) is 32.1. The first-order chi connectivity index (χ1) is 9.42. The van der Waals surface area contributed by atoms with Gasteiger partial charge in [0.1, 0.15) is 0 Å². The van der Waals surface area contributed by atoms with Crippen molar-refractivity contribution in [1.29, 1.82) is 0 Å². The molecular formula is C17H35N3. The molecule has 1 N–H and O–H groups in total. The van der Waals surface area contributed by atoms with Gasteiger partial charge < -0.3 is 5.32 Å². The van der Waals surface area contributed by atoms with E-state index in [4.69, 9.17) is 0 Å². The highest BCUT2D eigenvalue weighted by Gasteiger charge is 2.37. The van der Waals surface area contributed by atoms with Crippen LogP contribution in [0.4, 0.5) is 0 Å². The van der Waals surface area contributed by atoms with Crippen LogP contribution in [0.25, 0.3) is 0 Å². The van der Waals surface area contributed by atoms with Gasteiger partial charge in [0.05, 0.1) is 0 Å². The van der Waals surface area contributed by atoms with E-state index in [2.05, 4.69) is 49.9 Å². The Bertz CT molecular complexity index is 285. The Kier molecular flexibility index (Phi) is 5.49. The molecule has 3 heteroatoms. The van der Waals surface area contributed by atoms with Gasteiger partial charge in [-0.15, -0.1) is 0 Å². The summed E-state index contributed by atoms with van der Waals surface area (Å²) in [5.41, 5.74) is 0.541. The van der Waals surface area contributed by atoms with E-state index >= 15 is 0 Å². The van der Waals surface area contributed by atoms with Crippen molar-refractivity contribution >= 4 is 0 Å². The molecule has 2 aliphatic rings. The van der Waals surface area contributed by atoms with Gasteiger partial charge in [-0.25, -0.2) is 0 Å². The zero-order valence-corrected chi connectivity index (χ0v) is 14.3. The van der Waals surface area contributed by atoms with E-state index < -0.39 is 0 Å². The van der Waals surface area contributed by atoms with Crippen LogP contribution in [0.3, 0.4) is 0 Å². The highest BCUT2D eigenvalue weighted by Crippen LogP contribution is 2.39. The second-order valence-electron chi connectivity index (χ2n) is 7.80. The maximum absolute atomic E-state index is 3.71. The number of nitrogens with one attached hydrogen (secondary N) is 1. The summed E-state index contributed by atoms with van der Waals surface area (Å²) >= 11 is 0. The minimum atomic E-state index is 0.541. The molecule has 2 atom stereocenters. The lowest BCUT2D eigenvalue weighted by Crippen LogP contribution is -2.57. The van der Waals surface area contributed by atoms with Crippen LogP contribution in [0.1, 0.15) is 53.4 Å². The summed E-state index contributed by atoms with van der Waals surface area (Å²) in [5, 5.41) is 3.71. The lowest BCUT2D eigenvalue weighted by Gasteiger charge is -2.46. The van der Waals surface area contributed by atoms with Crippen LogP contribution in [0.5, 0.6) is 0 Å². The fourth-order valence-electron chi connectivity index (χ4n) is 4.05. The van der Waals surface area contributed by atoms with Crippen LogP contribution >= 0.6 is 0 Å². The van der Waals surface area contributed by atoms with Crippen LogP contribution in [0.2, 0.25) is 0 Å². The molecule has 20 heavy (non-hydrogen) atoms. The van der Waals surface area contributed by atoms with Crippen molar-refractivity contribution in [3.63, 3.8) is 0 Å². The summed E-state index contributed by atoms with van der Waals surface area (Å²) in [5.74, 6) is 0. The quantitative estimate of drug-likeness (QED) is 0.835. The molecule has 0 aromatic carbocycles. The lowest BCUT2D eigenvalue weighted by atomic mass is 9.84. The van der Waals surface area contributed by atoms with Crippen LogP contribution < -0.4 is 5.32 Å². The van der Waals surface area contributed by atoms with E-state index in [1.54, 1.807) is 0 Å². The molecule has 0 aromatic rings. The van der Waals surface area contributed by atoms with Gasteiger partial charge in [0, 0.05) is 44.3 Å². The topological polar surface area (TPSA) is 18.5 Å². The van der Waals surface area contributed by atoms with Gasteiger partial charge >= 0.3 is 0 Å². The SMILES string of the molecule is CC(C)NCC1(CN2CC(C)N(C)C(C)C2)CCCC1. The van der Waals surface area contributed by atoms with Crippen LogP contribution in [-0.4, -0.2) is 61.2 Å². The first-order valence-electron chi connectivity index (χ1n) is 8.59. The van der Waals surface area contributed by atoms with Crippen LogP contribution in [0.15, 0.2) is 0 Å². The van der Waals surface area contributed by atoms with E-state index in [0.717, 1.165) is 0 Å². The molecule has 3 nitrogen and oxygen atoms in total. The second kappa shape index (κ2) is 6.76. The monoisotopic (exact) mass is 281 g/mol. The van der Waals surface area contributed by atoms with Crippen LogP contribution in [-0.2, 0) is 0 Å². The molecule has 1 saturated heterocycles. The number of rotatable bonds is 5. The Labute approximate surface area is 126 Å². The minimum absolute atomic E-state index is 0.541. The molecule has 118 valence electrons. The molecule has 0 radical (unpaired) electrons. The summed E-state index contributed by atoms with van der Waals surface area (Å²) < 4.78 is 0. The summed E-state index contributed by atoms with van der Waals surface area (Å²) in [4.78, 5) is 5.27. The molecule has 1 aliphatic carbocycles. The fourth-order valence-corrected chi connectivity index (χ4v) is 4.05. The lowest BCUT2D eigenvalue weighted by molar-refractivity contribution is 0.0315. The third-order valence-electron chi connectivity index (χ3n) is 5.54. The van der Waals surface area contributed by atoms with Crippen LogP contribution in [0, 0.1) is 5.41 Å². The third kappa shape index (κ3) is 3.96. The molecule has 2 fully saturated rings. The molecule has 0 spiro atoms. The van der Waals surface area contributed by atoms with Crippen molar-refractivity contribution in [2.75, 3.05) is 33.2 Å². The van der Waals surface area contributed by atoms with E-state index in [1.807, 2.05) is 0 Å². The van der Waals surface area contributed by atoms with Crippen molar-refractivity contribution in [2.24, 2.45) is 5.41 Å². The Balaban J connectivity index is 1.94. The Morgan fingerprint density at radius 1 is 1.10 bits per heavy atom. The number of hydrogen-bond donors (Lipinski definition) is 1. The standard InChI is InChI=1S/C17H35N3/c1-14(2)18-12-17(8-6-7-9-17)13-20-10-15(3)19(5)16(4)11-20/h14-16,18H,6-13H2,1-5H3. The third-order valence-corrected chi connectivity index (χ3v) is 5.54. The van der Waals surface area contributed by atoms with E-state index in [0.29, 0.717) is 23.5 Å². The van der Waals surface area contributed by atoms with Crippen molar-refractivity contribution in [2.45, 2.75) is 71.5 Å². The highest BCUT2D eigenvalue weighted by atomic mass is 15.3. The van der Waals surface area contributed by atoms with Crippen molar-refractivity contribution < 1.29 is 0 Å². The molecule has 0 bridgehead atoms. The highest BCUT2D eigenvalue weighted by molar-refractivity contribution is 4.93. The number of nitrogens with zero attached hydrogens (tertiary/aromatic N) is 2. The summed E-state index contributed by atoms with van der Waals surface area (Å²) in [7, 11) is 2.28. The van der Waals surface area contributed by atoms with E-state index in [1.165, 1.54) is 51.9 Å². The molecule has 1 saturated carbocycles.